The number of rotatable bonds is 13. The van der Waals surface area contributed by atoms with Crippen molar-refractivity contribution in [2.75, 3.05) is 5.75 Å². The normalized spacial score (nSPS) is 12.5. The minimum absolute atomic E-state index is 0.0140. The van der Waals surface area contributed by atoms with Gasteiger partial charge < -0.3 is 10.2 Å². The quantitative estimate of drug-likeness (QED) is 0.163. The highest BCUT2D eigenvalue weighted by atomic mass is 79.9. The summed E-state index contributed by atoms with van der Waals surface area (Å²) in [5.74, 6) is 0.682. The van der Waals surface area contributed by atoms with E-state index in [1.807, 2.05) is 92.7 Å². The zero-order valence-corrected chi connectivity index (χ0v) is 24.5. The van der Waals surface area contributed by atoms with Gasteiger partial charge in [-0.1, -0.05) is 76.9 Å². The Balaban J connectivity index is 1.78. The van der Waals surface area contributed by atoms with Crippen LogP contribution in [0, 0.1) is 0 Å². The van der Waals surface area contributed by atoms with E-state index in [1.165, 1.54) is 0 Å². The summed E-state index contributed by atoms with van der Waals surface area (Å²) in [4.78, 5) is 30.1. The van der Waals surface area contributed by atoms with Crippen molar-refractivity contribution in [1.82, 2.24) is 10.2 Å². The Hall–Kier alpha value is -2.28. The highest BCUT2D eigenvalue weighted by Gasteiger charge is 2.30. The van der Waals surface area contributed by atoms with E-state index in [0.717, 1.165) is 32.7 Å². The third-order valence-electron chi connectivity index (χ3n) is 6.16. The number of thioether (sulfide) groups is 1. The van der Waals surface area contributed by atoms with Crippen molar-refractivity contribution in [2.45, 2.75) is 63.1 Å². The number of carbonyl (C=O) groups is 2. The van der Waals surface area contributed by atoms with Crippen LogP contribution in [-0.4, -0.2) is 34.6 Å². The summed E-state index contributed by atoms with van der Waals surface area (Å²) in [7, 11) is 0. The van der Waals surface area contributed by atoms with Gasteiger partial charge >= 0.3 is 0 Å². The number of hydrogen-bond acceptors (Lipinski definition) is 3. The molecule has 0 bridgehead atoms. The molecule has 4 nitrogen and oxygen atoms in total. The van der Waals surface area contributed by atoms with Crippen LogP contribution in [0.25, 0.3) is 0 Å². The zero-order chi connectivity index (χ0) is 26.6. The Kier molecular flexibility index (Phi) is 12.0. The van der Waals surface area contributed by atoms with Crippen LogP contribution < -0.4 is 5.32 Å². The summed E-state index contributed by atoms with van der Waals surface area (Å²) in [6.45, 7) is 4.41. The molecule has 3 aromatic rings. The Morgan fingerprint density at radius 3 is 2.30 bits per heavy atom. The second-order valence-electron chi connectivity index (χ2n) is 9.08. The molecule has 0 saturated heterocycles. The first kappa shape index (κ1) is 29.3. The first-order chi connectivity index (χ1) is 17.9. The smallest absolute Gasteiger partial charge is 0.243 e. The molecule has 1 N–H and O–H groups in total. The van der Waals surface area contributed by atoms with Gasteiger partial charge in [0, 0.05) is 39.8 Å². The summed E-state index contributed by atoms with van der Waals surface area (Å²) >= 11 is 11.2. The molecule has 0 fully saturated rings. The van der Waals surface area contributed by atoms with E-state index in [4.69, 9.17) is 11.6 Å². The molecule has 0 radical (unpaired) electrons. The van der Waals surface area contributed by atoms with E-state index >= 15 is 0 Å². The lowest BCUT2D eigenvalue weighted by atomic mass is 10.0. The second kappa shape index (κ2) is 15.2. The Morgan fingerprint density at radius 1 is 0.973 bits per heavy atom. The van der Waals surface area contributed by atoms with E-state index < -0.39 is 6.04 Å². The van der Waals surface area contributed by atoms with Crippen molar-refractivity contribution >= 4 is 51.1 Å². The first-order valence-corrected chi connectivity index (χ1v) is 14.8. The maximum atomic E-state index is 13.7. The Bertz CT molecular complexity index is 1130. The van der Waals surface area contributed by atoms with E-state index in [2.05, 4.69) is 21.2 Å². The molecule has 3 aromatic carbocycles. The van der Waals surface area contributed by atoms with Crippen LogP contribution in [-0.2, 0) is 22.6 Å². The van der Waals surface area contributed by atoms with Crippen LogP contribution in [0.3, 0.4) is 0 Å². The maximum absolute atomic E-state index is 13.7. The van der Waals surface area contributed by atoms with E-state index in [0.29, 0.717) is 30.8 Å². The van der Waals surface area contributed by atoms with Gasteiger partial charge in [0.25, 0.3) is 0 Å². The largest absolute Gasteiger partial charge is 0.352 e. The molecule has 0 aliphatic rings. The molecule has 0 heterocycles. The minimum atomic E-state index is -0.600. The second-order valence-corrected chi connectivity index (χ2v) is 11.6. The average Bonchev–Trinajstić information content (AvgIpc) is 2.91. The van der Waals surface area contributed by atoms with Crippen molar-refractivity contribution in [1.29, 1.82) is 0 Å². The third-order valence-corrected chi connectivity index (χ3v) is 8.03. The fourth-order valence-electron chi connectivity index (χ4n) is 3.87. The molecule has 3 rings (SSSR count). The summed E-state index contributed by atoms with van der Waals surface area (Å²) in [6.07, 6.45) is 2.38. The number of benzene rings is 3. The van der Waals surface area contributed by atoms with Crippen molar-refractivity contribution in [2.24, 2.45) is 0 Å². The van der Waals surface area contributed by atoms with Crippen LogP contribution in [0.4, 0.5) is 0 Å². The van der Waals surface area contributed by atoms with Crippen molar-refractivity contribution in [3.8, 4) is 0 Å². The molecule has 0 aliphatic heterocycles. The van der Waals surface area contributed by atoms with Crippen LogP contribution in [0.15, 0.2) is 88.2 Å². The van der Waals surface area contributed by atoms with Crippen molar-refractivity contribution < 1.29 is 9.59 Å². The highest BCUT2D eigenvalue weighted by molar-refractivity contribution is 9.10. The van der Waals surface area contributed by atoms with Gasteiger partial charge in [0.05, 0.1) is 0 Å². The predicted octanol–water partition coefficient (Wildman–Crippen LogP) is 7.53. The van der Waals surface area contributed by atoms with Gasteiger partial charge in [0.15, 0.2) is 0 Å². The number of nitrogens with zero attached hydrogens (tertiary/aromatic N) is 1. The molecular weight excluding hydrogens is 568 g/mol. The molecule has 196 valence electrons. The lowest BCUT2D eigenvalue weighted by Crippen LogP contribution is -2.52. The van der Waals surface area contributed by atoms with Gasteiger partial charge in [0.2, 0.25) is 11.8 Å². The summed E-state index contributed by atoms with van der Waals surface area (Å²) < 4.78 is 0.976. The molecule has 0 aliphatic carbocycles. The van der Waals surface area contributed by atoms with Crippen LogP contribution in [0.2, 0.25) is 5.02 Å². The fraction of sp³-hybridized carbons (Fsp3) is 0.333. The van der Waals surface area contributed by atoms with Gasteiger partial charge in [-0.15, -0.1) is 11.8 Å². The molecule has 37 heavy (non-hydrogen) atoms. The van der Waals surface area contributed by atoms with Gasteiger partial charge in [0.1, 0.15) is 6.04 Å². The van der Waals surface area contributed by atoms with Gasteiger partial charge in [-0.05, 0) is 73.0 Å². The molecule has 0 saturated carbocycles. The minimum Gasteiger partial charge on any atom is -0.352 e. The van der Waals surface area contributed by atoms with Crippen molar-refractivity contribution in [3.05, 3.63) is 99.5 Å². The van der Waals surface area contributed by atoms with Gasteiger partial charge in [-0.25, -0.2) is 0 Å². The SMILES string of the molecule is CCC(C)NC(=O)C(Cc1ccccc1)N(Cc1ccc(Br)cc1)C(=O)CCCSc1ccc(Cl)cc1. The summed E-state index contributed by atoms with van der Waals surface area (Å²) in [5.41, 5.74) is 2.01. The molecule has 7 heteroatoms. The number of halogens is 2. The maximum Gasteiger partial charge on any atom is 0.243 e. The molecule has 2 atom stereocenters. The van der Waals surface area contributed by atoms with Crippen LogP contribution >= 0.6 is 39.3 Å². The molecule has 0 spiro atoms. The van der Waals surface area contributed by atoms with E-state index in [9.17, 15) is 9.59 Å². The standard InChI is InChI=1S/C30H34BrClN2O2S/c1-3-22(2)33-30(36)28(20-23-8-5-4-6-9-23)34(21-24-11-13-25(31)14-12-24)29(35)10-7-19-37-27-17-15-26(32)16-18-27/h4-6,8-9,11-18,22,28H,3,7,10,19-21H2,1-2H3,(H,33,36). The van der Waals surface area contributed by atoms with Crippen LogP contribution in [0.5, 0.6) is 0 Å². The van der Waals surface area contributed by atoms with Gasteiger partial charge in [-0.2, -0.15) is 0 Å². The summed E-state index contributed by atoms with van der Waals surface area (Å²) in [5, 5.41) is 3.83. The molecular formula is C30H34BrClN2O2S. The van der Waals surface area contributed by atoms with Gasteiger partial charge in [-0.3, -0.25) is 9.59 Å². The predicted molar refractivity (Wildman–Crippen MR) is 158 cm³/mol. The highest BCUT2D eigenvalue weighted by Crippen LogP contribution is 2.23. The van der Waals surface area contributed by atoms with E-state index in [-0.39, 0.29) is 17.9 Å². The number of hydrogen-bond donors (Lipinski definition) is 1. The molecule has 2 unspecified atom stereocenters. The van der Waals surface area contributed by atoms with Crippen molar-refractivity contribution in [3.63, 3.8) is 0 Å². The third kappa shape index (κ3) is 9.84. The Labute approximate surface area is 238 Å². The number of carbonyl (C=O) groups excluding carboxylic acids is 2. The number of amides is 2. The monoisotopic (exact) mass is 600 g/mol. The first-order valence-electron chi connectivity index (χ1n) is 12.6. The summed E-state index contributed by atoms with van der Waals surface area (Å²) in [6, 6.07) is 25.0. The topological polar surface area (TPSA) is 49.4 Å². The lowest BCUT2D eigenvalue weighted by Gasteiger charge is -2.32. The zero-order valence-electron chi connectivity index (χ0n) is 21.3. The average molecular weight is 602 g/mol. The van der Waals surface area contributed by atoms with Crippen LogP contribution in [0.1, 0.15) is 44.2 Å². The lowest BCUT2D eigenvalue weighted by molar-refractivity contribution is -0.141. The molecule has 2 amide bonds. The molecule has 0 aromatic heterocycles. The fourth-order valence-corrected chi connectivity index (χ4v) is 5.11. The van der Waals surface area contributed by atoms with E-state index in [1.54, 1.807) is 16.7 Å². The Morgan fingerprint density at radius 2 is 1.65 bits per heavy atom. The number of nitrogens with one attached hydrogen (secondary N) is 1.